The van der Waals surface area contributed by atoms with E-state index < -0.39 is 5.41 Å². The third-order valence-corrected chi connectivity index (χ3v) is 6.68. The first-order chi connectivity index (χ1) is 14.8. The third-order valence-electron chi connectivity index (χ3n) is 6.68. The number of urea groups is 1. The van der Waals surface area contributed by atoms with Crippen LogP contribution >= 0.6 is 0 Å². The van der Waals surface area contributed by atoms with Crippen LogP contribution in [0.1, 0.15) is 37.8 Å². The second-order valence-corrected chi connectivity index (χ2v) is 9.43. The molecule has 0 aromatic heterocycles. The molecule has 1 aliphatic heterocycles. The Labute approximate surface area is 184 Å². The van der Waals surface area contributed by atoms with Gasteiger partial charge in [-0.15, -0.1) is 0 Å². The fourth-order valence-corrected chi connectivity index (χ4v) is 4.79. The molecule has 2 aromatic carbocycles. The highest BCUT2D eigenvalue weighted by Crippen LogP contribution is 2.49. The number of amides is 3. The van der Waals surface area contributed by atoms with Crippen LogP contribution in [0.4, 0.5) is 4.79 Å². The van der Waals surface area contributed by atoms with Gasteiger partial charge in [0, 0.05) is 31.1 Å². The van der Waals surface area contributed by atoms with Crippen LogP contribution in [0.25, 0.3) is 0 Å². The lowest BCUT2D eigenvalue weighted by Crippen LogP contribution is -2.69. The molecule has 1 heterocycles. The van der Waals surface area contributed by atoms with Crippen molar-refractivity contribution in [2.75, 3.05) is 20.2 Å². The number of hydrogen-bond donors (Lipinski definition) is 2. The minimum Gasteiger partial charge on any atom is -0.497 e. The lowest BCUT2D eigenvalue weighted by Gasteiger charge is -2.60. The molecule has 2 fully saturated rings. The van der Waals surface area contributed by atoms with Crippen LogP contribution in [0.5, 0.6) is 5.75 Å². The maximum absolute atomic E-state index is 13.0. The molecule has 6 nitrogen and oxygen atoms in total. The number of carbonyl (C=O) groups is 2. The molecule has 2 N–H and O–H groups in total. The van der Waals surface area contributed by atoms with Crippen LogP contribution in [0.15, 0.2) is 54.6 Å². The van der Waals surface area contributed by atoms with E-state index >= 15 is 0 Å². The van der Waals surface area contributed by atoms with E-state index in [4.69, 9.17) is 4.74 Å². The van der Waals surface area contributed by atoms with Crippen LogP contribution in [-0.4, -0.2) is 43.1 Å². The number of benzene rings is 2. The van der Waals surface area contributed by atoms with Gasteiger partial charge in [0.2, 0.25) is 5.91 Å². The molecule has 3 amide bonds. The Balaban J connectivity index is 1.19. The molecule has 0 bridgehead atoms. The first-order valence-corrected chi connectivity index (χ1v) is 10.8. The zero-order chi connectivity index (χ0) is 22.1. The minimum atomic E-state index is -0.522. The zero-order valence-corrected chi connectivity index (χ0v) is 18.5. The molecule has 1 saturated heterocycles. The second-order valence-electron chi connectivity index (χ2n) is 9.43. The summed E-state index contributed by atoms with van der Waals surface area (Å²) in [4.78, 5) is 27.2. The standard InChI is InChI=1S/C25H31N3O3/c1-24(2,19-7-5-4-6-8-19)22(29)28-16-25(17-28)13-20(14-25)27-23(30)26-15-18-9-11-21(31-3)12-10-18/h4-12,20H,13-17H2,1-3H3,(H2,26,27,30). The van der Waals surface area contributed by atoms with Gasteiger partial charge in [0.1, 0.15) is 5.75 Å². The van der Waals surface area contributed by atoms with E-state index in [1.165, 1.54) is 0 Å². The second kappa shape index (κ2) is 8.25. The molecule has 6 heteroatoms. The molecule has 0 radical (unpaired) electrons. The number of hydrogen-bond acceptors (Lipinski definition) is 3. The third kappa shape index (κ3) is 4.38. The number of methoxy groups -OCH3 is 1. The van der Waals surface area contributed by atoms with Crippen molar-refractivity contribution in [3.63, 3.8) is 0 Å². The van der Waals surface area contributed by atoms with Gasteiger partial charge in [-0.2, -0.15) is 0 Å². The van der Waals surface area contributed by atoms with Gasteiger partial charge in [-0.3, -0.25) is 4.79 Å². The first kappa shape index (κ1) is 21.2. The highest BCUT2D eigenvalue weighted by atomic mass is 16.5. The summed E-state index contributed by atoms with van der Waals surface area (Å²) in [6, 6.07) is 17.6. The number of nitrogens with zero attached hydrogens (tertiary/aromatic N) is 1. The highest BCUT2D eigenvalue weighted by Gasteiger charge is 2.55. The van der Waals surface area contributed by atoms with E-state index in [1.54, 1.807) is 7.11 Å². The maximum atomic E-state index is 13.0. The van der Waals surface area contributed by atoms with Crippen LogP contribution in [0.3, 0.4) is 0 Å². The smallest absolute Gasteiger partial charge is 0.315 e. The SMILES string of the molecule is COc1ccc(CNC(=O)NC2CC3(C2)CN(C(=O)C(C)(C)c2ccccc2)C3)cc1. The molecule has 4 rings (SSSR count). The largest absolute Gasteiger partial charge is 0.497 e. The zero-order valence-electron chi connectivity index (χ0n) is 18.5. The van der Waals surface area contributed by atoms with Gasteiger partial charge < -0.3 is 20.3 Å². The van der Waals surface area contributed by atoms with Gasteiger partial charge >= 0.3 is 6.03 Å². The van der Waals surface area contributed by atoms with E-state index in [-0.39, 0.29) is 23.4 Å². The number of nitrogens with one attached hydrogen (secondary N) is 2. The molecule has 164 valence electrons. The molecule has 1 aliphatic carbocycles. The summed E-state index contributed by atoms with van der Waals surface area (Å²) in [5.41, 5.74) is 1.72. The van der Waals surface area contributed by atoms with Crippen molar-refractivity contribution < 1.29 is 14.3 Å². The van der Waals surface area contributed by atoms with Crippen molar-refractivity contribution in [1.29, 1.82) is 0 Å². The molecule has 2 aromatic rings. The lowest BCUT2D eigenvalue weighted by molar-refractivity contribution is -0.157. The van der Waals surface area contributed by atoms with Gasteiger partial charge in [-0.1, -0.05) is 42.5 Å². The fraction of sp³-hybridized carbons (Fsp3) is 0.440. The topological polar surface area (TPSA) is 70.7 Å². The van der Waals surface area contributed by atoms with Crippen molar-refractivity contribution in [1.82, 2.24) is 15.5 Å². The van der Waals surface area contributed by atoms with Gasteiger partial charge in [-0.05, 0) is 49.9 Å². The van der Waals surface area contributed by atoms with Crippen molar-refractivity contribution in [3.8, 4) is 5.75 Å². The Morgan fingerprint density at radius 3 is 2.32 bits per heavy atom. The summed E-state index contributed by atoms with van der Waals surface area (Å²) >= 11 is 0. The summed E-state index contributed by atoms with van der Waals surface area (Å²) < 4.78 is 5.14. The van der Waals surface area contributed by atoms with Crippen molar-refractivity contribution in [2.24, 2.45) is 5.41 Å². The highest BCUT2D eigenvalue weighted by molar-refractivity contribution is 5.88. The monoisotopic (exact) mass is 421 g/mol. The number of likely N-dealkylation sites (tertiary alicyclic amines) is 1. The predicted octanol–water partition coefficient (Wildman–Crippen LogP) is 3.46. The van der Waals surface area contributed by atoms with Crippen LogP contribution < -0.4 is 15.4 Å². The summed E-state index contributed by atoms with van der Waals surface area (Å²) in [6.07, 6.45) is 1.86. The Hall–Kier alpha value is -3.02. The van der Waals surface area contributed by atoms with Crippen LogP contribution in [0, 0.1) is 5.41 Å². The molecule has 1 saturated carbocycles. The van der Waals surface area contributed by atoms with Gasteiger partial charge in [-0.25, -0.2) is 4.79 Å². The summed E-state index contributed by atoms with van der Waals surface area (Å²) in [6.45, 7) is 6.04. The Kier molecular flexibility index (Phi) is 5.65. The quantitative estimate of drug-likeness (QED) is 0.750. The van der Waals surface area contributed by atoms with E-state index in [1.807, 2.05) is 73.3 Å². The first-order valence-electron chi connectivity index (χ1n) is 10.8. The number of ether oxygens (including phenoxy) is 1. The predicted molar refractivity (Wildman–Crippen MR) is 120 cm³/mol. The summed E-state index contributed by atoms with van der Waals surface area (Å²) in [5, 5.41) is 5.96. The minimum absolute atomic E-state index is 0.145. The lowest BCUT2D eigenvalue weighted by atomic mass is 9.60. The average molecular weight is 422 g/mol. The van der Waals surface area contributed by atoms with Crippen molar-refractivity contribution in [2.45, 2.75) is 44.7 Å². The molecular formula is C25H31N3O3. The molecular weight excluding hydrogens is 390 g/mol. The van der Waals surface area contributed by atoms with Gasteiger partial charge in [0.25, 0.3) is 0 Å². The molecule has 0 unspecified atom stereocenters. The van der Waals surface area contributed by atoms with E-state index in [9.17, 15) is 9.59 Å². The molecule has 0 atom stereocenters. The fourth-order valence-electron chi connectivity index (χ4n) is 4.79. The van der Waals surface area contributed by atoms with Gasteiger partial charge in [0.05, 0.1) is 12.5 Å². The Bertz CT molecular complexity index is 926. The maximum Gasteiger partial charge on any atom is 0.315 e. The van der Waals surface area contributed by atoms with E-state index in [2.05, 4.69) is 10.6 Å². The van der Waals surface area contributed by atoms with E-state index in [0.29, 0.717) is 6.54 Å². The van der Waals surface area contributed by atoms with Crippen molar-refractivity contribution in [3.05, 3.63) is 65.7 Å². The summed E-state index contributed by atoms with van der Waals surface area (Å²) in [7, 11) is 1.63. The molecule has 1 spiro atoms. The van der Waals surface area contributed by atoms with Crippen LogP contribution in [0.2, 0.25) is 0 Å². The Morgan fingerprint density at radius 1 is 1.06 bits per heavy atom. The Morgan fingerprint density at radius 2 is 1.71 bits per heavy atom. The number of rotatable bonds is 6. The van der Waals surface area contributed by atoms with E-state index in [0.717, 1.165) is 42.8 Å². The van der Waals surface area contributed by atoms with Crippen LogP contribution in [-0.2, 0) is 16.8 Å². The van der Waals surface area contributed by atoms with Crippen molar-refractivity contribution >= 4 is 11.9 Å². The van der Waals surface area contributed by atoms with Gasteiger partial charge in [0.15, 0.2) is 0 Å². The molecule has 2 aliphatic rings. The summed E-state index contributed by atoms with van der Waals surface area (Å²) in [5.74, 6) is 0.978. The average Bonchev–Trinajstić information content (AvgIpc) is 2.73. The number of carbonyl (C=O) groups excluding carboxylic acids is 2. The normalized spacial score (nSPS) is 17.5. The molecule has 31 heavy (non-hydrogen) atoms.